The predicted molar refractivity (Wildman–Crippen MR) is 113 cm³/mol. The molecule has 5 heteroatoms. The van der Waals surface area contributed by atoms with E-state index in [0.717, 1.165) is 18.6 Å². The van der Waals surface area contributed by atoms with Crippen LogP contribution in [0.2, 0.25) is 0 Å². The number of ether oxygens (including phenoxy) is 2. The number of hydrogen-bond donors (Lipinski definition) is 1. The molecule has 0 unspecified atom stereocenters. The number of benzene rings is 1. The van der Waals surface area contributed by atoms with Crippen molar-refractivity contribution in [1.82, 2.24) is 0 Å². The van der Waals surface area contributed by atoms with Gasteiger partial charge in [-0.15, -0.1) is 0 Å². The number of aliphatic hydroxyl groups is 1. The minimum atomic E-state index is -0.595. The molecule has 0 aliphatic heterocycles. The van der Waals surface area contributed by atoms with Gasteiger partial charge in [-0.05, 0) is 70.7 Å². The Morgan fingerprint density at radius 2 is 1.79 bits per heavy atom. The van der Waals surface area contributed by atoms with Gasteiger partial charge in [0.05, 0.1) is 18.9 Å². The molecule has 1 amide bonds. The lowest BCUT2D eigenvalue weighted by molar-refractivity contribution is 0.0594. The summed E-state index contributed by atoms with van der Waals surface area (Å²) >= 11 is 0. The first-order chi connectivity index (χ1) is 13.2. The Hall–Kier alpha value is -2.01. The van der Waals surface area contributed by atoms with Gasteiger partial charge in [-0.3, -0.25) is 4.90 Å². The van der Waals surface area contributed by atoms with E-state index >= 15 is 0 Å². The Morgan fingerprint density at radius 3 is 2.29 bits per heavy atom. The lowest BCUT2D eigenvalue weighted by Gasteiger charge is -2.31. The molecule has 2 rings (SSSR count). The van der Waals surface area contributed by atoms with Crippen LogP contribution in [0.1, 0.15) is 59.8 Å². The second kappa shape index (κ2) is 9.97. The molecule has 0 radical (unpaired) electrons. The molecular formula is C23H35NO4. The second-order valence-electron chi connectivity index (χ2n) is 8.61. The molecule has 0 aromatic heterocycles. The normalized spacial score (nSPS) is 17.9. The van der Waals surface area contributed by atoms with Crippen molar-refractivity contribution in [2.45, 2.75) is 71.5 Å². The minimum absolute atomic E-state index is 0.0171. The summed E-state index contributed by atoms with van der Waals surface area (Å²) in [5.41, 5.74) is 0.0992. The molecule has 1 N–H and O–H groups in total. The zero-order valence-electron chi connectivity index (χ0n) is 17.9. The van der Waals surface area contributed by atoms with Crippen LogP contribution < -0.4 is 9.64 Å². The van der Waals surface area contributed by atoms with Gasteiger partial charge >= 0.3 is 6.09 Å². The van der Waals surface area contributed by atoms with E-state index in [1.54, 1.807) is 13.3 Å². The van der Waals surface area contributed by atoms with Crippen LogP contribution in [0.4, 0.5) is 10.5 Å². The lowest BCUT2D eigenvalue weighted by Crippen LogP contribution is -2.34. The summed E-state index contributed by atoms with van der Waals surface area (Å²) in [5.74, 6) is 1.19. The molecule has 1 aromatic carbocycles. The fourth-order valence-corrected chi connectivity index (χ4v) is 3.72. The fraction of sp³-hybridized carbons (Fsp3) is 0.609. The maximum Gasteiger partial charge on any atom is 0.418 e. The standard InChI is InChI=1S/C23H35NO4/c1-17(25)21(18-9-7-6-8-10-18)15-16-24(22(26)28-23(2,3)4)19-11-13-20(27-5)14-12-19/h11-18,21,25H,6-10H2,1-5H3/b16-15+/t17-,21+/m1/s1. The quantitative estimate of drug-likeness (QED) is 0.695. The van der Waals surface area contributed by atoms with E-state index in [1.807, 2.05) is 58.0 Å². The van der Waals surface area contributed by atoms with Gasteiger partial charge in [0.25, 0.3) is 0 Å². The molecule has 156 valence electrons. The van der Waals surface area contributed by atoms with Crippen LogP contribution in [0.25, 0.3) is 0 Å². The van der Waals surface area contributed by atoms with Crippen molar-refractivity contribution in [2.75, 3.05) is 12.0 Å². The molecule has 1 aliphatic rings. The van der Waals surface area contributed by atoms with E-state index in [9.17, 15) is 9.90 Å². The van der Waals surface area contributed by atoms with Crippen molar-refractivity contribution >= 4 is 11.8 Å². The smallest absolute Gasteiger partial charge is 0.418 e. The Balaban J connectivity index is 2.27. The summed E-state index contributed by atoms with van der Waals surface area (Å²) in [6, 6.07) is 7.28. The van der Waals surface area contributed by atoms with Crippen LogP contribution in [0, 0.1) is 11.8 Å². The zero-order valence-corrected chi connectivity index (χ0v) is 17.9. The van der Waals surface area contributed by atoms with E-state index in [4.69, 9.17) is 9.47 Å². The van der Waals surface area contributed by atoms with E-state index in [2.05, 4.69) is 0 Å². The van der Waals surface area contributed by atoms with Crippen molar-refractivity contribution in [2.24, 2.45) is 11.8 Å². The minimum Gasteiger partial charge on any atom is -0.497 e. The number of carbonyl (C=O) groups is 1. The van der Waals surface area contributed by atoms with Gasteiger partial charge in [-0.25, -0.2) is 4.79 Å². The summed E-state index contributed by atoms with van der Waals surface area (Å²) in [7, 11) is 1.61. The predicted octanol–water partition coefficient (Wildman–Crippen LogP) is 5.53. The van der Waals surface area contributed by atoms with Crippen molar-refractivity contribution in [3.63, 3.8) is 0 Å². The first-order valence-electron chi connectivity index (χ1n) is 10.2. The molecule has 1 aliphatic carbocycles. The maximum atomic E-state index is 12.8. The van der Waals surface area contributed by atoms with Crippen LogP contribution >= 0.6 is 0 Å². The van der Waals surface area contributed by atoms with Crippen LogP contribution in [0.15, 0.2) is 36.5 Å². The van der Waals surface area contributed by atoms with E-state index in [0.29, 0.717) is 11.6 Å². The number of anilines is 1. The van der Waals surface area contributed by atoms with Crippen molar-refractivity contribution in [3.8, 4) is 5.75 Å². The number of rotatable bonds is 6. The number of amides is 1. The monoisotopic (exact) mass is 389 g/mol. The largest absolute Gasteiger partial charge is 0.497 e. The van der Waals surface area contributed by atoms with Crippen molar-refractivity contribution in [1.29, 1.82) is 0 Å². The highest BCUT2D eigenvalue weighted by Crippen LogP contribution is 2.33. The summed E-state index contributed by atoms with van der Waals surface area (Å²) in [6.07, 6.45) is 8.73. The third kappa shape index (κ3) is 6.55. The van der Waals surface area contributed by atoms with Crippen LogP contribution in [0.5, 0.6) is 5.75 Å². The van der Waals surface area contributed by atoms with E-state index < -0.39 is 17.8 Å². The lowest BCUT2D eigenvalue weighted by atomic mass is 9.78. The van der Waals surface area contributed by atoms with Crippen molar-refractivity contribution in [3.05, 3.63) is 36.5 Å². The van der Waals surface area contributed by atoms with Crippen molar-refractivity contribution < 1.29 is 19.4 Å². The van der Waals surface area contributed by atoms with Crippen LogP contribution in [0.3, 0.4) is 0 Å². The number of carbonyl (C=O) groups excluding carboxylic acids is 1. The van der Waals surface area contributed by atoms with Gasteiger partial charge in [0.15, 0.2) is 0 Å². The Kier molecular flexibility index (Phi) is 7.93. The van der Waals surface area contributed by atoms with Crippen LogP contribution in [-0.4, -0.2) is 30.0 Å². The number of methoxy groups -OCH3 is 1. The topological polar surface area (TPSA) is 59.0 Å². The van der Waals surface area contributed by atoms with Gasteiger partial charge < -0.3 is 14.6 Å². The molecular weight excluding hydrogens is 354 g/mol. The van der Waals surface area contributed by atoms with Gasteiger partial charge in [0, 0.05) is 12.1 Å². The molecule has 2 atom stereocenters. The Morgan fingerprint density at radius 1 is 1.18 bits per heavy atom. The molecule has 5 nitrogen and oxygen atoms in total. The van der Waals surface area contributed by atoms with Gasteiger partial charge in [0.1, 0.15) is 11.4 Å². The molecule has 0 saturated heterocycles. The molecule has 28 heavy (non-hydrogen) atoms. The number of nitrogens with zero attached hydrogens (tertiary/aromatic N) is 1. The summed E-state index contributed by atoms with van der Waals surface area (Å²) < 4.78 is 10.8. The Bertz CT molecular complexity index is 640. The summed E-state index contributed by atoms with van der Waals surface area (Å²) in [5, 5.41) is 10.3. The molecule has 1 aromatic rings. The number of aliphatic hydroxyl groups excluding tert-OH is 1. The van der Waals surface area contributed by atoms with Gasteiger partial charge in [-0.2, -0.15) is 0 Å². The van der Waals surface area contributed by atoms with Gasteiger partial charge in [0.2, 0.25) is 0 Å². The molecule has 1 fully saturated rings. The molecule has 1 saturated carbocycles. The SMILES string of the molecule is COc1ccc(N(/C=C/[C@H](C2CCCCC2)[C@@H](C)O)C(=O)OC(C)(C)C)cc1. The highest BCUT2D eigenvalue weighted by molar-refractivity contribution is 5.90. The first-order valence-corrected chi connectivity index (χ1v) is 10.2. The van der Waals surface area contributed by atoms with E-state index in [-0.39, 0.29) is 5.92 Å². The average molecular weight is 390 g/mol. The molecule has 0 heterocycles. The van der Waals surface area contributed by atoms with E-state index in [1.165, 1.54) is 24.2 Å². The van der Waals surface area contributed by atoms with Crippen LogP contribution in [-0.2, 0) is 4.74 Å². The third-order valence-electron chi connectivity index (χ3n) is 5.15. The highest BCUT2D eigenvalue weighted by Gasteiger charge is 2.27. The summed E-state index contributed by atoms with van der Waals surface area (Å²) in [4.78, 5) is 14.3. The summed E-state index contributed by atoms with van der Waals surface area (Å²) in [6.45, 7) is 7.37. The third-order valence-corrected chi connectivity index (χ3v) is 5.15. The first kappa shape index (κ1) is 22.3. The molecule has 0 bridgehead atoms. The zero-order chi connectivity index (χ0) is 20.7. The average Bonchev–Trinajstić information content (AvgIpc) is 2.64. The number of hydrogen-bond acceptors (Lipinski definition) is 4. The fourth-order valence-electron chi connectivity index (χ4n) is 3.72. The van der Waals surface area contributed by atoms with Gasteiger partial charge in [-0.1, -0.05) is 25.3 Å². The maximum absolute atomic E-state index is 12.8. The Labute approximate surface area is 169 Å². The molecule has 0 spiro atoms. The highest BCUT2D eigenvalue weighted by atomic mass is 16.6. The second-order valence-corrected chi connectivity index (χ2v) is 8.61.